The Morgan fingerprint density at radius 1 is 1.15 bits per heavy atom. The van der Waals surface area contributed by atoms with Crippen molar-refractivity contribution in [3.8, 4) is 11.1 Å². The molecular formula is C25H33ClN4O3S. The fourth-order valence-corrected chi connectivity index (χ4v) is 7.61. The molecule has 7 nitrogen and oxygen atoms in total. The van der Waals surface area contributed by atoms with Crippen molar-refractivity contribution in [2.45, 2.75) is 43.4 Å². The maximum atomic E-state index is 12.3. The first-order valence-corrected chi connectivity index (χ1v) is 14.1. The molecule has 3 aliphatic heterocycles. The van der Waals surface area contributed by atoms with Crippen molar-refractivity contribution in [3.05, 3.63) is 41.2 Å². The molecule has 1 spiro atoms. The van der Waals surface area contributed by atoms with Crippen molar-refractivity contribution in [3.63, 3.8) is 0 Å². The van der Waals surface area contributed by atoms with Gasteiger partial charge in [0.05, 0.1) is 22.2 Å². The number of anilines is 2. The van der Waals surface area contributed by atoms with Gasteiger partial charge in [-0.3, -0.25) is 14.2 Å². The third kappa shape index (κ3) is 4.19. The van der Waals surface area contributed by atoms with Crippen LogP contribution in [0.4, 0.5) is 11.4 Å². The molecule has 9 heteroatoms. The van der Waals surface area contributed by atoms with E-state index in [9.17, 15) is 8.42 Å². The summed E-state index contributed by atoms with van der Waals surface area (Å²) in [6, 6.07) is 5.85. The number of nitrogens with zero attached hydrogens (tertiary/aromatic N) is 4. The monoisotopic (exact) mass is 504 g/mol. The average Bonchev–Trinajstić information content (AvgIpc) is 3.31. The molecule has 0 amide bonds. The molecule has 0 aliphatic carbocycles. The first-order chi connectivity index (χ1) is 16.3. The number of fused-ring (bicyclic) bond motifs is 1. The Morgan fingerprint density at radius 2 is 1.94 bits per heavy atom. The Morgan fingerprint density at radius 3 is 2.71 bits per heavy atom. The standard InChI is InChI=1S/C25H33ClN4O3S/c1-28-23-6-5-19(15-20(23)18-34(28,31)32)21-16-27-17-22(26)24(21)29-12-8-25(9-13-29)7-3-10-30(25)11-4-14-33-2/h5-6,15-17H,3-4,7-14,18H2,1-2H3. The third-order valence-electron chi connectivity index (χ3n) is 7.89. The SMILES string of the molecule is COCCCN1CCCC12CCN(c1c(Cl)cncc1-c1ccc3c(c1)CS(=O)(=O)N3C)CC2. The molecule has 3 aliphatic rings. The summed E-state index contributed by atoms with van der Waals surface area (Å²) in [6.07, 6.45) is 9.40. The van der Waals surface area contributed by atoms with E-state index in [4.69, 9.17) is 16.3 Å². The first kappa shape index (κ1) is 23.9. The Kier molecular flexibility index (Phi) is 6.52. The molecular weight excluding hydrogens is 472 g/mol. The molecule has 0 bridgehead atoms. The van der Waals surface area contributed by atoms with Gasteiger partial charge in [0.2, 0.25) is 10.0 Å². The van der Waals surface area contributed by atoms with Crippen LogP contribution in [-0.4, -0.2) is 70.8 Å². The minimum atomic E-state index is -3.28. The van der Waals surface area contributed by atoms with Gasteiger partial charge in [-0.2, -0.15) is 0 Å². The predicted octanol–water partition coefficient (Wildman–Crippen LogP) is 4.15. The second-order valence-corrected chi connectivity index (χ2v) is 12.1. The maximum Gasteiger partial charge on any atom is 0.239 e. The van der Waals surface area contributed by atoms with Crippen molar-refractivity contribution in [1.29, 1.82) is 0 Å². The van der Waals surface area contributed by atoms with Gasteiger partial charge in [0.1, 0.15) is 0 Å². The number of likely N-dealkylation sites (tertiary alicyclic amines) is 1. The Labute approximate surface area is 207 Å². The van der Waals surface area contributed by atoms with Gasteiger partial charge in [0, 0.05) is 63.9 Å². The van der Waals surface area contributed by atoms with E-state index in [2.05, 4.69) is 14.8 Å². The minimum Gasteiger partial charge on any atom is -0.385 e. The Hall–Kier alpha value is -1.87. The van der Waals surface area contributed by atoms with Gasteiger partial charge < -0.3 is 9.64 Å². The fourth-order valence-electron chi connectivity index (χ4n) is 6.04. The van der Waals surface area contributed by atoms with Crippen molar-refractivity contribution in [2.75, 3.05) is 56.1 Å². The normalized spacial score (nSPS) is 21.4. The molecule has 4 heterocycles. The van der Waals surface area contributed by atoms with Gasteiger partial charge in [-0.05, 0) is 61.9 Å². The predicted molar refractivity (Wildman–Crippen MR) is 137 cm³/mol. The summed E-state index contributed by atoms with van der Waals surface area (Å²) in [4.78, 5) is 9.46. The summed E-state index contributed by atoms with van der Waals surface area (Å²) < 4.78 is 31.3. The van der Waals surface area contributed by atoms with Gasteiger partial charge in [-0.1, -0.05) is 17.7 Å². The zero-order valence-electron chi connectivity index (χ0n) is 20.0. The topological polar surface area (TPSA) is 66.0 Å². The van der Waals surface area contributed by atoms with Crippen LogP contribution < -0.4 is 9.21 Å². The number of sulfonamides is 1. The summed E-state index contributed by atoms with van der Waals surface area (Å²) in [5.41, 5.74) is 4.77. The lowest BCUT2D eigenvalue weighted by Gasteiger charge is -2.46. The summed E-state index contributed by atoms with van der Waals surface area (Å²) >= 11 is 6.73. The summed E-state index contributed by atoms with van der Waals surface area (Å²) in [7, 11) is 0.0999. The number of pyridine rings is 1. The molecule has 34 heavy (non-hydrogen) atoms. The minimum absolute atomic E-state index is 0.0289. The van der Waals surface area contributed by atoms with Crippen LogP contribution in [0.3, 0.4) is 0 Å². The van der Waals surface area contributed by atoms with Crippen molar-refractivity contribution >= 4 is 33.0 Å². The van der Waals surface area contributed by atoms with E-state index in [1.54, 1.807) is 20.4 Å². The maximum absolute atomic E-state index is 12.3. The fraction of sp³-hybridized carbons (Fsp3) is 0.560. The molecule has 184 valence electrons. The van der Waals surface area contributed by atoms with Crippen LogP contribution in [0, 0.1) is 0 Å². The van der Waals surface area contributed by atoms with Crippen LogP contribution >= 0.6 is 11.6 Å². The summed E-state index contributed by atoms with van der Waals surface area (Å²) in [5, 5.41) is 0.641. The molecule has 0 unspecified atom stereocenters. The van der Waals surface area contributed by atoms with Crippen molar-refractivity contribution < 1.29 is 13.2 Å². The zero-order chi connectivity index (χ0) is 23.9. The number of methoxy groups -OCH3 is 1. The molecule has 0 atom stereocenters. The van der Waals surface area contributed by atoms with E-state index in [0.717, 1.165) is 73.6 Å². The highest BCUT2D eigenvalue weighted by molar-refractivity contribution is 7.92. The zero-order valence-corrected chi connectivity index (χ0v) is 21.5. The lowest BCUT2D eigenvalue weighted by Crippen LogP contribution is -2.52. The Balaban J connectivity index is 1.39. The highest BCUT2D eigenvalue weighted by atomic mass is 35.5. The van der Waals surface area contributed by atoms with E-state index in [0.29, 0.717) is 5.02 Å². The Bertz CT molecular complexity index is 1160. The lowest BCUT2D eigenvalue weighted by atomic mass is 9.84. The molecule has 1 aromatic heterocycles. The number of hydrogen-bond acceptors (Lipinski definition) is 6. The van der Waals surface area contributed by atoms with Gasteiger partial charge in [0.15, 0.2) is 0 Å². The van der Waals surface area contributed by atoms with E-state index in [1.807, 2.05) is 24.4 Å². The number of aromatic nitrogens is 1. The number of hydrogen-bond donors (Lipinski definition) is 0. The van der Waals surface area contributed by atoms with Crippen LogP contribution in [0.1, 0.15) is 37.7 Å². The molecule has 2 saturated heterocycles. The van der Waals surface area contributed by atoms with Crippen LogP contribution in [0.5, 0.6) is 0 Å². The highest BCUT2D eigenvalue weighted by Crippen LogP contribution is 2.44. The van der Waals surface area contributed by atoms with Gasteiger partial charge in [-0.25, -0.2) is 8.42 Å². The van der Waals surface area contributed by atoms with Crippen LogP contribution in [0.25, 0.3) is 11.1 Å². The van der Waals surface area contributed by atoms with Crippen LogP contribution in [-0.2, 0) is 20.5 Å². The third-order valence-corrected chi connectivity index (χ3v) is 9.87. The van der Waals surface area contributed by atoms with Gasteiger partial charge in [-0.15, -0.1) is 0 Å². The molecule has 2 fully saturated rings. The highest BCUT2D eigenvalue weighted by Gasteiger charge is 2.43. The summed E-state index contributed by atoms with van der Waals surface area (Å²) in [5.74, 6) is 0.0289. The summed E-state index contributed by atoms with van der Waals surface area (Å²) in [6.45, 7) is 4.98. The first-order valence-electron chi connectivity index (χ1n) is 12.1. The lowest BCUT2D eigenvalue weighted by molar-refractivity contribution is 0.0924. The molecule has 5 rings (SSSR count). The van der Waals surface area contributed by atoms with E-state index >= 15 is 0 Å². The van der Waals surface area contributed by atoms with Gasteiger partial charge in [0.25, 0.3) is 0 Å². The quantitative estimate of drug-likeness (QED) is 0.550. The number of ether oxygens (including phenoxy) is 1. The number of benzene rings is 1. The van der Waals surface area contributed by atoms with E-state index in [1.165, 1.54) is 23.7 Å². The molecule has 0 radical (unpaired) electrons. The van der Waals surface area contributed by atoms with E-state index < -0.39 is 10.0 Å². The smallest absolute Gasteiger partial charge is 0.239 e. The van der Waals surface area contributed by atoms with Crippen molar-refractivity contribution in [2.24, 2.45) is 0 Å². The number of piperidine rings is 1. The average molecular weight is 505 g/mol. The second kappa shape index (κ2) is 9.30. The number of rotatable bonds is 6. The van der Waals surface area contributed by atoms with Gasteiger partial charge >= 0.3 is 0 Å². The number of halogens is 1. The van der Waals surface area contributed by atoms with Crippen LogP contribution in [0.15, 0.2) is 30.6 Å². The molecule has 0 N–H and O–H groups in total. The molecule has 1 aromatic carbocycles. The van der Waals surface area contributed by atoms with Crippen molar-refractivity contribution in [1.82, 2.24) is 9.88 Å². The van der Waals surface area contributed by atoms with E-state index in [-0.39, 0.29) is 11.3 Å². The second-order valence-electron chi connectivity index (χ2n) is 9.73. The largest absolute Gasteiger partial charge is 0.385 e. The van der Waals surface area contributed by atoms with Crippen LogP contribution in [0.2, 0.25) is 5.02 Å². The molecule has 0 saturated carbocycles. The molecule has 2 aromatic rings.